The van der Waals surface area contributed by atoms with Crippen LogP contribution >= 0.6 is 0 Å². The predicted molar refractivity (Wildman–Crippen MR) is 58.8 cm³/mol. The zero-order valence-corrected chi connectivity index (χ0v) is 8.73. The lowest BCUT2D eigenvalue weighted by Crippen LogP contribution is -2.11. The maximum absolute atomic E-state index is 10.7. The first-order valence-electron chi connectivity index (χ1n) is 5.54. The van der Waals surface area contributed by atoms with Crippen molar-refractivity contribution in [2.24, 2.45) is 5.92 Å². The van der Waals surface area contributed by atoms with E-state index in [4.69, 9.17) is 5.11 Å². The normalized spacial score (nSPS) is 25.3. The van der Waals surface area contributed by atoms with E-state index in [-0.39, 0.29) is 0 Å². The van der Waals surface area contributed by atoms with E-state index in [0.29, 0.717) is 18.3 Å². The Morgan fingerprint density at radius 2 is 2.00 bits per heavy atom. The third-order valence-corrected chi connectivity index (χ3v) is 3.32. The summed E-state index contributed by atoms with van der Waals surface area (Å²) in [6, 6.07) is 10.3. The van der Waals surface area contributed by atoms with E-state index in [0.717, 1.165) is 19.3 Å². The van der Waals surface area contributed by atoms with Gasteiger partial charge in [0.15, 0.2) is 0 Å². The molecule has 0 heterocycles. The molecule has 0 aliphatic heterocycles. The van der Waals surface area contributed by atoms with E-state index < -0.39 is 5.97 Å². The summed E-state index contributed by atoms with van der Waals surface area (Å²) in [5.74, 6) is 0.134. The molecular weight excluding hydrogens is 188 g/mol. The molecule has 2 unspecified atom stereocenters. The molecule has 0 amide bonds. The lowest BCUT2D eigenvalue weighted by molar-refractivity contribution is -0.138. The van der Waals surface area contributed by atoms with Crippen LogP contribution in [0.5, 0.6) is 0 Å². The number of carbonyl (C=O) groups is 1. The summed E-state index contributed by atoms with van der Waals surface area (Å²) < 4.78 is 0. The topological polar surface area (TPSA) is 37.3 Å². The zero-order chi connectivity index (χ0) is 10.7. The molecule has 1 aliphatic rings. The fourth-order valence-corrected chi connectivity index (χ4v) is 2.64. The molecule has 0 spiro atoms. The van der Waals surface area contributed by atoms with Crippen molar-refractivity contribution in [1.29, 1.82) is 0 Å². The van der Waals surface area contributed by atoms with Crippen LogP contribution in [0.4, 0.5) is 0 Å². The molecule has 0 aromatic heterocycles. The van der Waals surface area contributed by atoms with Crippen LogP contribution in [0.2, 0.25) is 0 Å². The summed E-state index contributed by atoms with van der Waals surface area (Å²) in [6.07, 6.45) is 3.69. The van der Waals surface area contributed by atoms with Crippen LogP contribution < -0.4 is 0 Å². The van der Waals surface area contributed by atoms with Gasteiger partial charge in [0.25, 0.3) is 0 Å². The van der Waals surface area contributed by atoms with Gasteiger partial charge in [0.05, 0.1) is 0 Å². The van der Waals surface area contributed by atoms with Gasteiger partial charge in [-0.25, -0.2) is 0 Å². The summed E-state index contributed by atoms with van der Waals surface area (Å²) in [7, 11) is 0. The van der Waals surface area contributed by atoms with E-state index in [2.05, 4.69) is 12.1 Å². The Balaban J connectivity index is 2.11. The van der Waals surface area contributed by atoms with Gasteiger partial charge in [-0.3, -0.25) is 4.79 Å². The number of carboxylic acids is 1. The molecule has 2 heteroatoms. The van der Waals surface area contributed by atoms with Crippen LogP contribution in [0.15, 0.2) is 30.3 Å². The van der Waals surface area contributed by atoms with Crippen LogP contribution in [-0.4, -0.2) is 11.1 Å². The molecule has 1 fully saturated rings. The minimum Gasteiger partial charge on any atom is -0.481 e. The standard InChI is InChI=1S/C13H16O2/c14-13(15)9-11-7-4-8-12(11)10-5-2-1-3-6-10/h1-3,5-6,11-12H,4,7-9H2,(H,14,15). The van der Waals surface area contributed by atoms with E-state index in [1.807, 2.05) is 18.2 Å². The lowest BCUT2D eigenvalue weighted by atomic mass is 9.87. The highest BCUT2D eigenvalue weighted by Gasteiger charge is 2.29. The van der Waals surface area contributed by atoms with Gasteiger partial charge in [-0.15, -0.1) is 0 Å². The van der Waals surface area contributed by atoms with Crippen molar-refractivity contribution in [2.45, 2.75) is 31.6 Å². The average molecular weight is 204 g/mol. The first-order valence-corrected chi connectivity index (χ1v) is 5.54. The number of hydrogen-bond donors (Lipinski definition) is 1. The molecule has 1 aromatic rings. The summed E-state index contributed by atoms with van der Waals surface area (Å²) in [4.78, 5) is 10.7. The van der Waals surface area contributed by atoms with Crippen molar-refractivity contribution in [1.82, 2.24) is 0 Å². The quantitative estimate of drug-likeness (QED) is 0.821. The average Bonchev–Trinajstić information content (AvgIpc) is 2.66. The van der Waals surface area contributed by atoms with Crippen molar-refractivity contribution >= 4 is 5.97 Å². The van der Waals surface area contributed by atoms with Gasteiger partial charge in [0.2, 0.25) is 0 Å². The monoisotopic (exact) mass is 204 g/mol. The second-order valence-corrected chi connectivity index (χ2v) is 4.31. The maximum atomic E-state index is 10.7. The molecule has 0 radical (unpaired) electrons. The van der Waals surface area contributed by atoms with Crippen LogP contribution in [0, 0.1) is 5.92 Å². The molecule has 80 valence electrons. The van der Waals surface area contributed by atoms with Crippen molar-refractivity contribution in [2.75, 3.05) is 0 Å². The van der Waals surface area contributed by atoms with Gasteiger partial charge in [-0.1, -0.05) is 36.8 Å². The Kier molecular flexibility index (Phi) is 3.05. The molecule has 1 saturated carbocycles. The summed E-state index contributed by atoms with van der Waals surface area (Å²) in [5, 5.41) is 8.84. The summed E-state index contributed by atoms with van der Waals surface area (Å²) >= 11 is 0. The second-order valence-electron chi connectivity index (χ2n) is 4.31. The Morgan fingerprint density at radius 1 is 1.27 bits per heavy atom. The van der Waals surface area contributed by atoms with Gasteiger partial charge in [0.1, 0.15) is 0 Å². The number of hydrogen-bond acceptors (Lipinski definition) is 1. The number of benzene rings is 1. The molecule has 1 N–H and O–H groups in total. The van der Waals surface area contributed by atoms with Gasteiger partial charge in [-0.2, -0.15) is 0 Å². The molecule has 0 bridgehead atoms. The Labute approximate surface area is 89.9 Å². The molecule has 15 heavy (non-hydrogen) atoms. The maximum Gasteiger partial charge on any atom is 0.303 e. The highest BCUT2D eigenvalue weighted by molar-refractivity contribution is 5.67. The van der Waals surface area contributed by atoms with Crippen LogP contribution in [-0.2, 0) is 4.79 Å². The van der Waals surface area contributed by atoms with Crippen molar-refractivity contribution < 1.29 is 9.90 Å². The number of rotatable bonds is 3. The molecule has 1 aliphatic carbocycles. The van der Waals surface area contributed by atoms with Crippen LogP contribution in [0.25, 0.3) is 0 Å². The minimum atomic E-state index is -0.664. The van der Waals surface area contributed by atoms with Gasteiger partial charge in [0, 0.05) is 6.42 Å². The Bertz CT molecular complexity index is 332. The van der Waals surface area contributed by atoms with Crippen LogP contribution in [0.3, 0.4) is 0 Å². The fraction of sp³-hybridized carbons (Fsp3) is 0.462. The van der Waals surface area contributed by atoms with E-state index in [1.165, 1.54) is 5.56 Å². The van der Waals surface area contributed by atoms with E-state index in [9.17, 15) is 4.79 Å². The van der Waals surface area contributed by atoms with Gasteiger partial charge >= 0.3 is 5.97 Å². The number of carboxylic acid groups (broad SMARTS) is 1. The molecular formula is C13H16O2. The first kappa shape index (κ1) is 10.2. The predicted octanol–water partition coefficient (Wildman–Crippen LogP) is 3.05. The molecule has 1 aromatic carbocycles. The Hall–Kier alpha value is -1.31. The SMILES string of the molecule is O=C(O)CC1CCCC1c1ccccc1. The third-order valence-electron chi connectivity index (χ3n) is 3.32. The molecule has 2 atom stereocenters. The van der Waals surface area contributed by atoms with Gasteiger partial charge in [-0.05, 0) is 30.2 Å². The highest BCUT2D eigenvalue weighted by Crippen LogP contribution is 2.41. The zero-order valence-electron chi connectivity index (χ0n) is 8.73. The van der Waals surface area contributed by atoms with Crippen molar-refractivity contribution in [3.8, 4) is 0 Å². The molecule has 2 nitrogen and oxygen atoms in total. The summed E-state index contributed by atoms with van der Waals surface area (Å²) in [5.41, 5.74) is 1.31. The third kappa shape index (κ3) is 2.38. The second kappa shape index (κ2) is 4.47. The Morgan fingerprint density at radius 3 is 2.67 bits per heavy atom. The van der Waals surface area contributed by atoms with Crippen molar-refractivity contribution in [3.63, 3.8) is 0 Å². The molecule has 2 rings (SSSR count). The minimum absolute atomic E-state index is 0.319. The first-order chi connectivity index (χ1) is 7.27. The van der Waals surface area contributed by atoms with Gasteiger partial charge < -0.3 is 5.11 Å². The fourth-order valence-electron chi connectivity index (χ4n) is 2.64. The smallest absolute Gasteiger partial charge is 0.303 e. The lowest BCUT2D eigenvalue weighted by Gasteiger charge is -2.17. The highest BCUT2D eigenvalue weighted by atomic mass is 16.4. The van der Waals surface area contributed by atoms with E-state index in [1.54, 1.807) is 0 Å². The van der Waals surface area contributed by atoms with E-state index >= 15 is 0 Å². The summed E-state index contributed by atoms with van der Waals surface area (Å²) in [6.45, 7) is 0. The van der Waals surface area contributed by atoms with Crippen LogP contribution in [0.1, 0.15) is 37.2 Å². The number of aliphatic carboxylic acids is 1. The largest absolute Gasteiger partial charge is 0.481 e. The molecule has 0 saturated heterocycles. The van der Waals surface area contributed by atoms with Crippen molar-refractivity contribution in [3.05, 3.63) is 35.9 Å².